The average molecular weight is 625 g/mol. The molecule has 0 bridgehead atoms. The van der Waals surface area contributed by atoms with Crippen molar-refractivity contribution in [3.05, 3.63) is 83.9 Å². The molecule has 2 aromatic rings. The fourth-order valence-electron chi connectivity index (χ4n) is 3.37. The Kier molecular flexibility index (Phi) is 12.1. The summed E-state index contributed by atoms with van der Waals surface area (Å²) in [5.74, 6) is -2.20. The molecule has 14 heteroatoms. The zero-order valence-corrected chi connectivity index (χ0v) is 24.2. The van der Waals surface area contributed by atoms with Crippen LogP contribution in [0.5, 0.6) is 0 Å². The number of alkyl carbamates (subject to hydrolysis) is 1. The third kappa shape index (κ3) is 11.3. The molecule has 0 heterocycles. The number of nitrogens with zero attached hydrogens (tertiary/aromatic N) is 1. The van der Waals surface area contributed by atoms with Gasteiger partial charge in [-0.2, -0.15) is 31.3 Å². The smallest absolute Gasteiger partial charge is 0.434 e. The summed E-state index contributed by atoms with van der Waals surface area (Å²) in [6, 6.07) is 8.60. The number of amides is 2. The van der Waals surface area contributed by atoms with Gasteiger partial charge in [0, 0.05) is 17.5 Å². The molecule has 1 atom stereocenters. The van der Waals surface area contributed by atoms with E-state index in [1.807, 2.05) is 0 Å². The number of rotatable bonds is 5. The van der Waals surface area contributed by atoms with Gasteiger partial charge >= 0.3 is 24.5 Å². The Morgan fingerprint density at radius 2 is 1.30 bits per heavy atom. The molecule has 0 saturated heterocycles. The molecular weight excluding hydrogens is 592 g/mol. The molecule has 0 aliphatic heterocycles. The Labute approximate surface area is 243 Å². The predicted octanol–water partition coefficient (Wildman–Crippen LogP) is 8.80. The summed E-state index contributed by atoms with van der Waals surface area (Å²) < 4.78 is 117. The van der Waals surface area contributed by atoms with Crippen molar-refractivity contribution in [3.63, 3.8) is 0 Å². The summed E-state index contributed by atoms with van der Waals surface area (Å²) in [6.07, 6.45) is -12.4. The topological polar surface area (TPSA) is 77.0 Å². The van der Waals surface area contributed by atoms with E-state index >= 15 is 0 Å². The fraction of sp³-hybridized carbons (Fsp3) is 0.414. The van der Waals surface area contributed by atoms with Gasteiger partial charge in [-0.05, 0) is 59.7 Å². The minimum atomic E-state index is -4.97. The molecule has 0 spiro atoms. The summed E-state index contributed by atoms with van der Waals surface area (Å²) in [7, 11) is 0. The first kappa shape index (κ1) is 37.1. The lowest BCUT2D eigenvalue weighted by Gasteiger charge is -2.37. The lowest BCUT2D eigenvalue weighted by Crippen LogP contribution is -2.57. The van der Waals surface area contributed by atoms with Crippen molar-refractivity contribution in [2.45, 2.75) is 77.1 Å². The van der Waals surface area contributed by atoms with Crippen LogP contribution in [-0.2, 0) is 15.0 Å². The quantitative estimate of drug-likeness (QED) is 0.205. The van der Waals surface area contributed by atoms with Gasteiger partial charge in [-0.25, -0.2) is 18.4 Å². The molecule has 43 heavy (non-hydrogen) atoms. The van der Waals surface area contributed by atoms with E-state index in [0.717, 1.165) is 30.3 Å². The van der Waals surface area contributed by atoms with Crippen molar-refractivity contribution in [2.75, 3.05) is 0 Å². The van der Waals surface area contributed by atoms with Crippen LogP contribution in [0.3, 0.4) is 0 Å². The highest BCUT2D eigenvalue weighted by Gasteiger charge is 2.58. The molecule has 2 aromatic carbocycles. The third-order valence-electron chi connectivity index (χ3n) is 4.98. The molecule has 1 N–H and O–H groups in total. The standard InChI is InChI=1S/C16H19F4NO2.C13H13F4NO2/c1-5-10-15(16(18,19)20,11-8-6-7-9-12(11)17)21-13(22)23-14(2,3)4;1-12(2,3)20-11(19)18-10(13(15,16)17)8-6-4-5-7-9(8)14/h5-9H,1,10H2,2-4H3,(H,21,22);4-7H,1-3H3. The van der Waals surface area contributed by atoms with Crippen molar-refractivity contribution in [1.82, 2.24) is 5.32 Å². The first-order valence-corrected chi connectivity index (χ1v) is 12.5. The second kappa shape index (κ2) is 14.0. The van der Waals surface area contributed by atoms with Crippen LogP contribution in [0.15, 0.2) is 66.2 Å². The lowest BCUT2D eigenvalue weighted by atomic mass is 9.85. The van der Waals surface area contributed by atoms with Gasteiger partial charge in [-0.3, -0.25) is 0 Å². The number of nitrogens with one attached hydrogen (secondary N) is 1. The Morgan fingerprint density at radius 1 is 0.814 bits per heavy atom. The number of carbonyl (C=O) groups is 2. The van der Waals surface area contributed by atoms with Gasteiger partial charge in [0.15, 0.2) is 11.3 Å². The van der Waals surface area contributed by atoms with Gasteiger partial charge in [-0.1, -0.05) is 36.4 Å². The molecule has 6 nitrogen and oxygen atoms in total. The number of alkyl halides is 6. The van der Waals surface area contributed by atoms with Crippen molar-refractivity contribution in [1.29, 1.82) is 0 Å². The van der Waals surface area contributed by atoms with Gasteiger partial charge in [-0.15, -0.1) is 6.58 Å². The number of ether oxygens (including phenoxy) is 2. The molecule has 0 fully saturated rings. The van der Waals surface area contributed by atoms with Crippen LogP contribution in [0.2, 0.25) is 0 Å². The molecule has 0 aliphatic carbocycles. The highest BCUT2D eigenvalue weighted by Crippen LogP contribution is 2.43. The Balaban J connectivity index is 0.000000434. The summed E-state index contributed by atoms with van der Waals surface area (Å²) in [5, 5.41) is 1.79. The van der Waals surface area contributed by atoms with Gasteiger partial charge in [0.2, 0.25) is 0 Å². The van der Waals surface area contributed by atoms with E-state index in [4.69, 9.17) is 4.74 Å². The maximum absolute atomic E-state index is 14.0. The van der Waals surface area contributed by atoms with Gasteiger partial charge in [0.05, 0.1) is 0 Å². The number of halogens is 8. The predicted molar refractivity (Wildman–Crippen MR) is 144 cm³/mol. The van der Waals surface area contributed by atoms with E-state index in [2.05, 4.69) is 16.3 Å². The second-order valence-electron chi connectivity index (χ2n) is 10.9. The molecule has 2 rings (SSSR count). The van der Waals surface area contributed by atoms with E-state index in [1.54, 1.807) is 5.32 Å². The molecule has 2 amide bonds. The molecule has 0 saturated carbocycles. The van der Waals surface area contributed by atoms with Crippen LogP contribution in [-0.4, -0.2) is 41.5 Å². The Bertz CT molecular complexity index is 1310. The number of aliphatic imine (C=N–C) groups is 1. The maximum Gasteiger partial charge on any atom is 0.434 e. The largest absolute Gasteiger partial charge is 0.444 e. The van der Waals surface area contributed by atoms with Crippen molar-refractivity contribution in [2.24, 2.45) is 4.99 Å². The van der Waals surface area contributed by atoms with Gasteiger partial charge in [0.1, 0.15) is 22.8 Å². The van der Waals surface area contributed by atoms with Crippen molar-refractivity contribution >= 4 is 17.9 Å². The van der Waals surface area contributed by atoms with Crippen molar-refractivity contribution < 1.29 is 54.2 Å². The monoisotopic (exact) mass is 624 g/mol. The molecular formula is C29H32F8N2O4. The highest BCUT2D eigenvalue weighted by atomic mass is 19.4. The summed E-state index contributed by atoms with van der Waals surface area (Å²) in [6.45, 7) is 12.3. The molecule has 0 radical (unpaired) electrons. The number of benzene rings is 2. The molecule has 0 aromatic heterocycles. The van der Waals surface area contributed by atoms with Crippen LogP contribution in [0.4, 0.5) is 44.7 Å². The van der Waals surface area contributed by atoms with E-state index in [0.29, 0.717) is 0 Å². The van der Waals surface area contributed by atoms with E-state index in [1.165, 1.54) is 65.8 Å². The second-order valence-corrected chi connectivity index (χ2v) is 10.9. The van der Waals surface area contributed by atoms with Gasteiger partial charge < -0.3 is 14.8 Å². The van der Waals surface area contributed by atoms with Crippen LogP contribution in [0.25, 0.3) is 0 Å². The SMILES string of the molecule is C=CCC(NC(=O)OC(C)(C)C)(c1ccccc1F)C(F)(F)F.CC(C)(C)OC(=O)N=C(c1ccccc1F)C(F)(F)F. The summed E-state index contributed by atoms with van der Waals surface area (Å²) in [4.78, 5) is 26.1. The average Bonchev–Trinajstić information content (AvgIpc) is 2.80. The normalized spacial score (nSPS) is 14.0. The minimum Gasteiger partial charge on any atom is -0.444 e. The Hall–Kier alpha value is -3.97. The number of hydrogen-bond donors (Lipinski definition) is 1. The first-order valence-electron chi connectivity index (χ1n) is 12.5. The lowest BCUT2D eigenvalue weighted by molar-refractivity contribution is -0.199. The number of carbonyl (C=O) groups excluding carboxylic acids is 2. The van der Waals surface area contributed by atoms with E-state index in [-0.39, 0.29) is 0 Å². The van der Waals surface area contributed by atoms with E-state index in [9.17, 15) is 44.7 Å². The van der Waals surface area contributed by atoms with Crippen LogP contribution >= 0.6 is 0 Å². The summed E-state index contributed by atoms with van der Waals surface area (Å²) in [5.41, 5.74) is -8.06. The zero-order chi connectivity index (χ0) is 33.4. The van der Waals surface area contributed by atoms with Crippen LogP contribution in [0, 0.1) is 11.6 Å². The fourth-order valence-corrected chi connectivity index (χ4v) is 3.37. The molecule has 0 aliphatic rings. The van der Waals surface area contributed by atoms with Gasteiger partial charge in [0.25, 0.3) is 0 Å². The Morgan fingerprint density at radius 3 is 1.72 bits per heavy atom. The highest BCUT2D eigenvalue weighted by molar-refractivity contribution is 6.09. The molecule has 1 unspecified atom stereocenters. The third-order valence-corrected chi connectivity index (χ3v) is 4.98. The minimum absolute atomic E-state index is 0.696. The number of hydrogen-bond acceptors (Lipinski definition) is 4. The maximum atomic E-state index is 14.0. The zero-order valence-electron chi connectivity index (χ0n) is 24.2. The van der Waals surface area contributed by atoms with Crippen LogP contribution < -0.4 is 5.32 Å². The van der Waals surface area contributed by atoms with Crippen molar-refractivity contribution in [3.8, 4) is 0 Å². The van der Waals surface area contributed by atoms with E-state index < -0.39 is 76.2 Å². The van der Waals surface area contributed by atoms with Crippen LogP contribution in [0.1, 0.15) is 59.1 Å². The molecule has 238 valence electrons. The first-order chi connectivity index (χ1) is 19.4. The summed E-state index contributed by atoms with van der Waals surface area (Å²) >= 11 is 0.